The molecular weight excluding hydrogens is 797 g/mol. The number of para-hydroxylation sites is 3. The molecule has 0 spiro atoms. The summed E-state index contributed by atoms with van der Waals surface area (Å²) in [6.07, 6.45) is 0. The second kappa shape index (κ2) is 16.8. The molecule has 0 aliphatic rings. The van der Waals surface area contributed by atoms with Gasteiger partial charge < -0.3 is 9.47 Å². The van der Waals surface area contributed by atoms with E-state index in [4.69, 9.17) is 0 Å². The van der Waals surface area contributed by atoms with Crippen molar-refractivity contribution >= 4 is 49.6 Å². The zero-order chi connectivity index (χ0) is 43.8. The molecule has 1 heterocycles. The SMILES string of the molecule is c1ccc(-c2ccccc2-c2c(-c3ccccc3)cccc2N(c2ccc(-c3ccc4ccccc4c3)cc2)c2ccc(-c3cccc4c5ccccc5n(-c5ccccc5)c34)cc2)cc1. The molecule has 0 unspecified atom stereocenters. The van der Waals surface area contributed by atoms with E-state index < -0.39 is 0 Å². The largest absolute Gasteiger partial charge is 0.310 e. The van der Waals surface area contributed by atoms with E-state index in [-0.39, 0.29) is 0 Å². The lowest BCUT2D eigenvalue weighted by Crippen LogP contribution is -2.12. The third-order valence-electron chi connectivity index (χ3n) is 13.0. The van der Waals surface area contributed by atoms with Crippen LogP contribution in [0.4, 0.5) is 17.1 Å². The molecule has 2 nitrogen and oxygen atoms in total. The number of fused-ring (bicyclic) bond motifs is 4. The molecule has 0 saturated heterocycles. The Hall–Kier alpha value is -8.72. The molecule has 0 radical (unpaired) electrons. The quantitative estimate of drug-likeness (QED) is 0.141. The van der Waals surface area contributed by atoms with Crippen molar-refractivity contribution in [2.24, 2.45) is 0 Å². The minimum atomic E-state index is 1.07. The molecule has 0 aliphatic heterocycles. The lowest BCUT2D eigenvalue weighted by Gasteiger charge is -2.30. The Labute approximate surface area is 385 Å². The Bertz CT molecular complexity index is 3660. The average molecular weight is 841 g/mol. The van der Waals surface area contributed by atoms with Crippen LogP contribution in [0.15, 0.2) is 267 Å². The van der Waals surface area contributed by atoms with Crippen LogP contribution in [0.5, 0.6) is 0 Å². The number of rotatable bonds is 9. The Balaban J connectivity index is 1.06. The van der Waals surface area contributed by atoms with E-state index in [2.05, 4.69) is 276 Å². The molecule has 1 aromatic heterocycles. The highest BCUT2D eigenvalue weighted by atomic mass is 15.1. The van der Waals surface area contributed by atoms with Crippen molar-refractivity contribution in [1.82, 2.24) is 4.57 Å². The standard InChI is InChI=1S/C64H44N2/c1-4-19-47(20-5-1)55-26-12-13-28-59(55)63-56(48-21-6-2-7-22-48)29-17-33-62(63)65(53-40-36-46(37-41-53)51-35-34-45-18-10-11-23-50(45)44-51)54-42-38-49(39-43-54)57-30-16-31-60-58-27-14-15-32-61(58)66(64(57)60)52-24-8-3-9-25-52/h1-44H. The van der Waals surface area contributed by atoms with Gasteiger partial charge in [0, 0.05) is 39.0 Å². The highest BCUT2D eigenvalue weighted by Crippen LogP contribution is 2.49. The van der Waals surface area contributed by atoms with Gasteiger partial charge in [-0.25, -0.2) is 0 Å². The van der Waals surface area contributed by atoms with Crippen LogP contribution in [-0.4, -0.2) is 4.57 Å². The van der Waals surface area contributed by atoms with Gasteiger partial charge in [-0.05, 0) is 110 Å². The van der Waals surface area contributed by atoms with Crippen molar-refractivity contribution in [3.05, 3.63) is 267 Å². The maximum Gasteiger partial charge on any atom is 0.0619 e. The highest BCUT2D eigenvalue weighted by Gasteiger charge is 2.23. The molecule has 0 N–H and O–H groups in total. The van der Waals surface area contributed by atoms with Gasteiger partial charge in [-0.15, -0.1) is 0 Å². The molecule has 66 heavy (non-hydrogen) atoms. The molecular formula is C64H44N2. The summed E-state index contributed by atoms with van der Waals surface area (Å²) in [5.74, 6) is 0. The summed E-state index contributed by atoms with van der Waals surface area (Å²) in [5, 5.41) is 4.96. The van der Waals surface area contributed by atoms with Crippen LogP contribution in [0.25, 0.3) is 93.9 Å². The lowest BCUT2D eigenvalue weighted by atomic mass is 9.87. The third-order valence-corrected chi connectivity index (χ3v) is 13.0. The van der Waals surface area contributed by atoms with Crippen molar-refractivity contribution in [3.8, 4) is 61.3 Å². The Morgan fingerprint density at radius 2 is 0.788 bits per heavy atom. The molecule has 0 fully saturated rings. The first kappa shape index (κ1) is 38.9. The van der Waals surface area contributed by atoms with Gasteiger partial charge in [0.15, 0.2) is 0 Å². The first-order valence-corrected chi connectivity index (χ1v) is 22.7. The summed E-state index contributed by atoms with van der Waals surface area (Å²) >= 11 is 0. The van der Waals surface area contributed by atoms with Gasteiger partial charge in [-0.1, -0.05) is 212 Å². The number of anilines is 3. The second-order valence-electron chi connectivity index (χ2n) is 16.9. The second-order valence-corrected chi connectivity index (χ2v) is 16.9. The summed E-state index contributed by atoms with van der Waals surface area (Å²) in [6.45, 7) is 0. The van der Waals surface area contributed by atoms with Crippen molar-refractivity contribution < 1.29 is 0 Å². The fraction of sp³-hybridized carbons (Fsp3) is 0. The third kappa shape index (κ3) is 6.93. The van der Waals surface area contributed by atoms with Crippen molar-refractivity contribution in [2.75, 3.05) is 4.90 Å². The maximum absolute atomic E-state index is 2.44. The Morgan fingerprint density at radius 3 is 1.52 bits per heavy atom. The van der Waals surface area contributed by atoms with Crippen molar-refractivity contribution in [3.63, 3.8) is 0 Å². The van der Waals surface area contributed by atoms with Crippen LogP contribution >= 0.6 is 0 Å². The van der Waals surface area contributed by atoms with E-state index in [1.807, 2.05) is 0 Å². The molecule has 0 amide bonds. The first-order valence-electron chi connectivity index (χ1n) is 22.7. The van der Waals surface area contributed by atoms with Crippen LogP contribution in [0.3, 0.4) is 0 Å². The lowest BCUT2D eigenvalue weighted by molar-refractivity contribution is 1.18. The van der Waals surface area contributed by atoms with Gasteiger partial charge in [0.1, 0.15) is 0 Å². The smallest absolute Gasteiger partial charge is 0.0619 e. The van der Waals surface area contributed by atoms with Gasteiger partial charge in [0.2, 0.25) is 0 Å². The van der Waals surface area contributed by atoms with Crippen molar-refractivity contribution in [1.29, 1.82) is 0 Å². The minimum absolute atomic E-state index is 1.07. The summed E-state index contributed by atoms with van der Waals surface area (Å²) < 4.78 is 2.42. The van der Waals surface area contributed by atoms with E-state index in [0.717, 1.165) is 28.3 Å². The maximum atomic E-state index is 2.44. The number of hydrogen-bond donors (Lipinski definition) is 0. The number of aromatic nitrogens is 1. The van der Waals surface area contributed by atoms with Crippen LogP contribution in [0.1, 0.15) is 0 Å². The van der Waals surface area contributed by atoms with Gasteiger partial charge in [-0.3, -0.25) is 0 Å². The average Bonchev–Trinajstić information content (AvgIpc) is 3.74. The van der Waals surface area contributed by atoms with Gasteiger partial charge in [0.05, 0.1) is 16.7 Å². The van der Waals surface area contributed by atoms with Gasteiger partial charge in [0.25, 0.3) is 0 Å². The normalized spacial score (nSPS) is 11.3. The first-order chi connectivity index (χ1) is 32.8. The molecule has 0 atom stereocenters. The molecule has 0 aliphatic carbocycles. The molecule has 12 rings (SSSR count). The molecule has 12 aromatic rings. The van der Waals surface area contributed by atoms with Crippen LogP contribution in [-0.2, 0) is 0 Å². The molecule has 0 saturated carbocycles. The zero-order valence-corrected chi connectivity index (χ0v) is 36.3. The Kier molecular flexibility index (Phi) is 9.89. The molecule has 0 bridgehead atoms. The minimum Gasteiger partial charge on any atom is -0.310 e. The highest BCUT2D eigenvalue weighted by molar-refractivity contribution is 6.14. The predicted octanol–water partition coefficient (Wildman–Crippen LogP) is 17.7. The van der Waals surface area contributed by atoms with Gasteiger partial charge in [-0.2, -0.15) is 0 Å². The molecule has 310 valence electrons. The summed E-state index contributed by atoms with van der Waals surface area (Å²) in [4.78, 5) is 2.44. The fourth-order valence-electron chi connectivity index (χ4n) is 9.92. The Morgan fingerprint density at radius 1 is 0.288 bits per heavy atom. The van der Waals surface area contributed by atoms with Crippen LogP contribution in [0, 0.1) is 0 Å². The molecule has 11 aromatic carbocycles. The summed E-state index contributed by atoms with van der Waals surface area (Å²) in [5.41, 5.74) is 18.5. The number of nitrogens with zero attached hydrogens (tertiary/aromatic N) is 2. The zero-order valence-electron chi connectivity index (χ0n) is 36.3. The van der Waals surface area contributed by atoms with E-state index >= 15 is 0 Å². The van der Waals surface area contributed by atoms with Gasteiger partial charge >= 0.3 is 0 Å². The summed E-state index contributed by atoms with van der Waals surface area (Å²) in [6, 6.07) is 97.0. The van der Waals surface area contributed by atoms with E-state index in [9.17, 15) is 0 Å². The predicted molar refractivity (Wildman–Crippen MR) is 280 cm³/mol. The topological polar surface area (TPSA) is 8.17 Å². The van der Waals surface area contributed by atoms with E-state index in [1.165, 1.54) is 82.6 Å². The number of benzene rings is 11. The molecule has 2 heteroatoms. The fourth-order valence-corrected chi connectivity index (χ4v) is 9.92. The van der Waals surface area contributed by atoms with E-state index in [1.54, 1.807) is 0 Å². The van der Waals surface area contributed by atoms with E-state index in [0.29, 0.717) is 0 Å². The monoisotopic (exact) mass is 840 g/mol. The number of hydrogen-bond acceptors (Lipinski definition) is 1. The summed E-state index contributed by atoms with van der Waals surface area (Å²) in [7, 11) is 0. The van der Waals surface area contributed by atoms with Crippen molar-refractivity contribution in [2.45, 2.75) is 0 Å². The van der Waals surface area contributed by atoms with Crippen LogP contribution < -0.4 is 4.90 Å². The van der Waals surface area contributed by atoms with Crippen LogP contribution in [0.2, 0.25) is 0 Å².